The normalized spacial score (nSPS) is 12.4. The molecule has 0 aliphatic carbocycles. The zero-order valence-corrected chi connectivity index (χ0v) is 10.6. The molecule has 0 saturated carbocycles. The summed E-state index contributed by atoms with van der Waals surface area (Å²) >= 11 is 0. The van der Waals surface area contributed by atoms with Gasteiger partial charge in [-0.05, 0) is 32.4 Å². The third-order valence-corrected chi connectivity index (χ3v) is 2.60. The van der Waals surface area contributed by atoms with Crippen LogP contribution in [0.3, 0.4) is 0 Å². The maximum atomic E-state index is 11.5. The Balaban J connectivity index is 3.77. The minimum atomic E-state index is -0.159. The SMILES string of the molecule is CCCCCNC(CCCCN)C(=O)OC. The molecule has 0 radical (unpaired) electrons. The molecule has 0 spiro atoms. The number of carbonyl (C=O) groups is 1. The molecule has 0 aromatic heterocycles. The highest BCUT2D eigenvalue weighted by molar-refractivity contribution is 5.75. The molecule has 0 bridgehead atoms. The Morgan fingerprint density at radius 2 is 2.06 bits per heavy atom. The zero-order valence-electron chi connectivity index (χ0n) is 10.6. The van der Waals surface area contributed by atoms with Crippen molar-refractivity contribution in [2.45, 2.75) is 51.5 Å². The van der Waals surface area contributed by atoms with Crippen molar-refractivity contribution in [2.24, 2.45) is 5.73 Å². The Morgan fingerprint density at radius 1 is 1.31 bits per heavy atom. The van der Waals surface area contributed by atoms with Gasteiger partial charge in [-0.3, -0.25) is 4.79 Å². The van der Waals surface area contributed by atoms with Gasteiger partial charge in [0.05, 0.1) is 7.11 Å². The van der Waals surface area contributed by atoms with E-state index in [1.807, 2.05) is 0 Å². The van der Waals surface area contributed by atoms with E-state index in [1.165, 1.54) is 20.0 Å². The van der Waals surface area contributed by atoms with Crippen molar-refractivity contribution in [2.75, 3.05) is 20.2 Å². The molecule has 0 aromatic carbocycles. The predicted molar refractivity (Wildman–Crippen MR) is 66.2 cm³/mol. The van der Waals surface area contributed by atoms with Crippen molar-refractivity contribution in [1.82, 2.24) is 5.32 Å². The van der Waals surface area contributed by atoms with Crippen LogP contribution < -0.4 is 11.1 Å². The van der Waals surface area contributed by atoms with Gasteiger partial charge < -0.3 is 15.8 Å². The number of unbranched alkanes of at least 4 members (excludes halogenated alkanes) is 3. The van der Waals surface area contributed by atoms with E-state index in [1.54, 1.807) is 0 Å². The first-order valence-electron chi connectivity index (χ1n) is 6.27. The van der Waals surface area contributed by atoms with Gasteiger partial charge in [0.2, 0.25) is 0 Å². The zero-order chi connectivity index (χ0) is 12.2. The highest BCUT2D eigenvalue weighted by atomic mass is 16.5. The molecule has 0 rings (SSSR count). The lowest BCUT2D eigenvalue weighted by Crippen LogP contribution is -2.38. The summed E-state index contributed by atoms with van der Waals surface area (Å²) in [5.74, 6) is -0.159. The first-order chi connectivity index (χ1) is 7.76. The maximum absolute atomic E-state index is 11.5. The number of rotatable bonds is 10. The minimum absolute atomic E-state index is 0.159. The molecule has 0 aromatic rings. The summed E-state index contributed by atoms with van der Waals surface area (Å²) in [6, 6.07) is -0.159. The van der Waals surface area contributed by atoms with Crippen molar-refractivity contribution in [3.8, 4) is 0 Å². The summed E-state index contributed by atoms with van der Waals surface area (Å²) in [5.41, 5.74) is 5.43. The molecule has 16 heavy (non-hydrogen) atoms. The van der Waals surface area contributed by atoms with Crippen molar-refractivity contribution < 1.29 is 9.53 Å². The Kier molecular flexibility index (Phi) is 10.5. The lowest BCUT2D eigenvalue weighted by molar-refractivity contribution is -0.143. The molecule has 0 heterocycles. The molecule has 96 valence electrons. The van der Waals surface area contributed by atoms with Gasteiger partial charge in [0.1, 0.15) is 6.04 Å². The summed E-state index contributed by atoms with van der Waals surface area (Å²) in [4.78, 5) is 11.5. The molecule has 4 heteroatoms. The molecule has 0 amide bonds. The topological polar surface area (TPSA) is 64.3 Å². The van der Waals surface area contributed by atoms with Crippen LogP contribution in [0, 0.1) is 0 Å². The lowest BCUT2D eigenvalue weighted by atomic mass is 10.1. The van der Waals surface area contributed by atoms with E-state index in [2.05, 4.69) is 12.2 Å². The highest BCUT2D eigenvalue weighted by Crippen LogP contribution is 2.03. The monoisotopic (exact) mass is 230 g/mol. The molecule has 4 nitrogen and oxygen atoms in total. The maximum Gasteiger partial charge on any atom is 0.322 e. The molecule has 0 saturated heterocycles. The van der Waals surface area contributed by atoms with Gasteiger partial charge in [-0.1, -0.05) is 26.2 Å². The van der Waals surface area contributed by atoms with Crippen LogP contribution in [0.4, 0.5) is 0 Å². The Hall–Kier alpha value is -0.610. The van der Waals surface area contributed by atoms with Crippen LogP contribution in [0.1, 0.15) is 45.4 Å². The third kappa shape index (κ3) is 7.65. The molecular weight excluding hydrogens is 204 g/mol. The fraction of sp³-hybridized carbons (Fsp3) is 0.917. The molecule has 1 unspecified atom stereocenters. The van der Waals surface area contributed by atoms with E-state index >= 15 is 0 Å². The summed E-state index contributed by atoms with van der Waals surface area (Å²) in [7, 11) is 1.44. The van der Waals surface area contributed by atoms with Crippen molar-refractivity contribution in [3.63, 3.8) is 0 Å². The standard InChI is InChI=1S/C12H26N2O2/c1-3-4-7-10-14-11(12(15)16-2)8-5-6-9-13/h11,14H,3-10,13H2,1-2H3. The molecular formula is C12H26N2O2. The van der Waals surface area contributed by atoms with E-state index in [-0.39, 0.29) is 12.0 Å². The number of esters is 1. The second kappa shape index (κ2) is 10.9. The van der Waals surface area contributed by atoms with E-state index < -0.39 is 0 Å². The first kappa shape index (κ1) is 15.4. The number of hydrogen-bond acceptors (Lipinski definition) is 4. The van der Waals surface area contributed by atoms with Crippen LogP contribution in [0.15, 0.2) is 0 Å². The van der Waals surface area contributed by atoms with Gasteiger partial charge in [-0.25, -0.2) is 0 Å². The lowest BCUT2D eigenvalue weighted by Gasteiger charge is -2.16. The first-order valence-corrected chi connectivity index (χ1v) is 6.27. The van der Waals surface area contributed by atoms with Crippen LogP contribution in [-0.2, 0) is 9.53 Å². The van der Waals surface area contributed by atoms with Crippen LogP contribution in [0.2, 0.25) is 0 Å². The van der Waals surface area contributed by atoms with Crippen LogP contribution in [-0.4, -0.2) is 32.2 Å². The second-order valence-electron chi connectivity index (χ2n) is 4.02. The molecule has 1 atom stereocenters. The number of carbonyl (C=O) groups excluding carboxylic acids is 1. The number of ether oxygens (including phenoxy) is 1. The average Bonchev–Trinajstić information content (AvgIpc) is 2.31. The molecule has 0 fully saturated rings. The third-order valence-electron chi connectivity index (χ3n) is 2.60. The molecule has 0 aliphatic heterocycles. The summed E-state index contributed by atoms with van der Waals surface area (Å²) in [6.07, 6.45) is 6.25. The van der Waals surface area contributed by atoms with E-state index in [9.17, 15) is 4.79 Å². The van der Waals surface area contributed by atoms with Gasteiger partial charge in [0.15, 0.2) is 0 Å². The quantitative estimate of drug-likeness (QED) is 0.440. The number of hydrogen-bond donors (Lipinski definition) is 2. The van der Waals surface area contributed by atoms with Gasteiger partial charge in [0.25, 0.3) is 0 Å². The van der Waals surface area contributed by atoms with E-state index in [0.717, 1.165) is 32.2 Å². The number of methoxy groups -OCH3 is 1. The van der Waals surface area contributed by atoms with Gasteiger partial charge in [-0.2, -0.15) is 0 Å². The number of nitrogens with one attached hydrogen (secondary N) is 1. The fourth-order valence-electron chi connectivity index (χ4n) is 1.59. The predicted octanol–water partition coefficient (Wildman–Crippen LogP) is 1.44. The Labute approximate surface area is 98.9 Å². The van der Waals surface area contributed by atoms with Crippen LogP contribution >= 0.6 is 0 Å². The van der Waals surface area contributed by atoms with Gasteiger partial charge in [-0.15, -0.1) is 0 Å². The van der Waals surface area contributed by atoms with Crippen molar-refractivity contribution in [1.29, 1.82) is 0 Å². The fourth-order valence-corrected chi connectivity index (χ4v) is 1.59. The summed E-state index contributed by atoms with van der Waals surface area (Å²) in [5, 5.41) is 3.25. The van der Waals surface area contributed by atoms with Gasteiger partial charge >= 0.3 is 5.97 Å². The Morgan fingerprint density at radius 3 is 2.62 bits per heavy atom. The van der Waals surface area contributed by atoms with Crippen molar-refractivity contribution in [3.05, 3.63) is 0 Å². The summed E-state index contributed by atoms with van der Waals surface area (Å²) < 4.78 is 4.77. The van der Waals surface area contributed by atoms with E-state index in [0.29, 0.717) is 6.54 Å². The molecule has 3 N–H and O–H groups in total. The largest absolute Gasteiger partial charge is 0.468 e. The van der Waals surface area contributed by atoms with Crippen molar-refractivity contribution >= 4 is 5.97 Å². The van der Waals surface area contributed by atoms with Crippen LogP contribution in [0.5, 0.6) is 0 Å². The average molecular weight is 230 g/mol. The van der Waals surface area contributed by atoms with Crippen LogP contribution in [0.25, 0.3) is 0 Å². The number of nitrogens with two attached hydrogens (primary N) is 1. The van der Waals surface area contributed by atoms with E-state index in [4.69, 9.17) is 10.5 Å². The highest BCUT2D eigenvalue weighted by Gasteiger charge is 2.17. The second-order valence-corrected chi connectivity index (χ2v) is 4.02. The Bertz CT molecular complexity index is 174. The summed E-state index contributed by atoms with van der Waals surface area (Å²) in [6.45, 7) is 3.74. The minimum Gasteiger partial charge on any atom is -0.468 e. The smallest absolute Gasteiger partial charge is 0.322 e. The van der Waals surface area contributed by atoms with Gasteiger partial charge in [0, 0.05) is 0 Å². The molecule has 0 aliphatic rings.